The molecule has 0 unspecified atom stereocenters. The molecule has 0 bridgehead atoms. The van der Waals surface area contributed by atoms with E-state index in [-0.39, 0.29) is 5.69 Å². The van der Waals surface area contributed by atoms with Gasteiger partial charge in [-0.25, -0.2) is 8.42 Å². The van der Waals surface area contributed by atoms with Gasteiger partial charge in [0.15, 0.2) is 0 Å². The molecule has 1 rings (SSSR count). The second kappa shape index (κ2) is 5.09. The highest BCUT2D eigenvalue weighted by atomic mass is 32.2. The zero-order valence-corrected chi connectivity index (χ0v) is 10.9. The molecule has 4 nitrogen and oxygen atoms in total. The van der Waals surface area contributed by atoms with E-state index in [1.807, 2.05) is 4.72 Å². The van der Waals surface area contributed by atoms with Gasteiger partial charge in [0.25, 0.3) is 0 Å². The summed E-state index contributed by atoms with van der Waals surface area (Å²) in [5.41, 5.74) is -1.95. The van der Waals surface area contributed by atoms with Gasteiger partial charge < -0.3 is 0 Å². The fourth-order valence-electron chi connectivity index (χ4n) is 1.22. The lowest BCUT2D eigenvalue weighted by Crippen LogP contribution is -2.22. The molecule has 0 heterocycles. The first-order valence-electron chi connectivity index (χ1n) is 5.21. The molecule has 0 aliphatic rings. The number of anilines is 1. The molecule has 0 aliphatic carbocycles. The summed E-state index contributed by atoms with van der Waals surface area (Å²) < 4.78 is 63.2. The number of benzene rings is 1. The quantitative estimate of drug-likeness (QED) is 0.931. The number of nitriles is 1. The van der Waals surface area contributed by atoms with Crippen LogP contribution in [0, 0.1) is 11.3 Å². The number of nitrogens with one attached hydrogen (secondary N) is 1. The zero-order chi connectivity index (χ0) is 14.8. The standard InChI is InChI=1S/C11H11F3N2O2S/c1-7(2)19(17,18)16-9-4-3-8(6-15)10(5-9)11(12,13)14/h3-5,7,16H,1-2H3. The number of rotatable bonds is 3. The van der Waals surface area contributed by atoms with Crippen LogP contribution in [0.4, 0.5) is 18.9 Å². The molecular weight excluding hydrogens is 281 g/mol. The van der Waals surface area contributed by atoms with Gasteiger partial charge in [-0.15, -0.1) is 0 Å². The molecule has 104 valence electrons. The van der Waals surface area contributed by atoms with Crippen molar-refractivity contribution in [1.29, 1.82) is 5.26 Å². The predicted octanol–water partition coefficient (Wildman–Crippen LogP) is 2.73. The molecule has 0 amide bonds. The van der Waals surface area contributed by atoms with Gasteiger partial charge in [0, 0.05) is 5.69 Å². The Morgan fingerprint density at radius 3 is 2.32 bits per heavy atom. The molecule has 0 radical (unpaired) electrons. The van der Waals surface area contributed by atoms with Gasteiger partial charge >= 0.3 is 6.18 Å². The summed E-state index contributed by atoms with van der Waals surface area (Å²) in [5, 5.41) is 7.82. The lowest BCUT2D eigenvalue weighted by Gasteiger charge is -2.14. The van der Waals surface area contributed by atoms with Crippen LogP contribution in [0.15, 0.2) is 18.2 Å². The number of hydrogen-bond acceptors (Lipinski definition) is 3. The van der Waals surface area contributed by atoms with Crippen LogP contribution in [0.2, 0.25) is 0 Å². The van der Waals surface area contributed by atoms with Gasteiger partial charge in [-0.3, -0.25) is 4.72 Å². The highest BCUT2D eigenvalue weighted by Gasteiger charge is 2.34. The summed E-state index contributed by atoms with van der Waals surface area (Å²) in [5.74, 6) is 0. The number of hydrogen-bond donors (Lipinski definition) is 1. The lowest BCUT2D eigenvalue weighted by molar-refractivity contribution is -0.137. The summed E-state index contributed by atoms with van der Waals surface area (Å²) in [7, 11) is -3.73. The van der Waals surface area contributed by atoms with Crippen molar-refractivity contribution in [2.45, 2.75) is 25.3 Å². The molecule has 0 saturated heterocycles. The van der Waals surface area contributed by atoms with Gasteiger partial charge in [0.05, 0.1) is 22.4 Å². The monoisotopic (exact) mass is 292 g/mol. The number of nitrogens with zero attached hydrogens (tertiary/aromatic N) is 1. The Kier molecular flexibility index (Phi) is 4.10. The van der Waals surface area contributed by atoms with Gasteiger partial charge in [0.2, 0.25) is 10.0 Å². The molecule has 1 N–H and O–H groups in total. The molecular formula is C11H11F3N2O2S. The maximum absolute atomic E-state index is 12.7. The van der Waals surface area contributed by atoms with Crippen LogP contribution in [-0.4, -0.2) is 13.7 Å². The highest BCUT2D eigenvalue weighted by Crippen LogP contribution is 2.33. The predicted molar refractivity (Wildman–Crippen MR) is 63.8 cm³/mol. The lowest BCUT2D eigenvalue weighted by atomic mass is 10.1. The number of sulfonamides is 1. The van der Waals surface area contributed by atoms with Crippen LogP contribution in [0.1, 0.15) is 25.0 Å². The molecule has 0 atom stereocenters. The summed E-state index contributed by atoms with van der Waals surface area (Å²) >= 11 is 0. The van der Waals surface area contributed by atoms with E-state index in [1.165, 1.54) is 19.9 Å². The van der Waals surface area contributed by atoms with Crippen LogP contribution < -0.4 is 4.72 Å². The van der Waals surface area contributed by atoms with E-state index in [0.29, 0.717) is 6.07 Å². The smallest absolute Gasteiger partial charge is 0.283 e. The van der Waals surface area contributed by atoms with Crippen molar-refractivity contribution in [3.8, 4) is 6.07 Å². The largest absolute Gasteiger partial charge is 0.417 e. The van der Waals surface area contributed by atoms with Crippen molar-refractivity contribution in [3.63, 3.8) is 0 Å². The Hall–Kier alpha value is -1.75. The summed E-state index contributed by atoms with van der Waals surface area (Å²) in [6.07, 6.45) is -4.72. The Labute approximate surface area is 108 Å². The van der Waals surface area contributed by atoms with Crippen molar-refractivity contribution in [1.82, 2.24) is 0 Å². The Bertz CT molecular complexity index is 616. The minimum Gasteiger partial charge on any atom is -0.283 e. The van der Waals surface area contributed by atoms with E-state index < -0.39 is 32.6 Å². The molecule has 0 aromatic heterocycles. The van der Waals surface area contributed by atoms with E-state index in [0.717, 1.165) is 12.1 Å². The molecule has 1 aromatic carbocycles. The maximum Gasteiger partial charge on any atom is 0.417 e. The number of alkyl halides is 3. The summed E-state index contributed by atoms with van der Waals surface area (Å²) in [6, 6.07) is 4.08. The second-order valence-corrected chi connectivity index (χ2v) is 6.30. The fourth-order valence-corrected chi connectivity index (χ4v) is 1.91. The maximum atomic E-state index is 12.7. The van der Waals surface area contributed by atoms with Crippen LogP contribution >= 0.6 is 0 Å². The van der Waals surface area contributed by atoms with Crippen LogP contribution in [-0.2, 0) is 16.2 Å². The fraction of sp³-hybridized carbons (Fsp3) is 0.364. The van der Waals surface area contributed by atoms with Crippen LogP contribution in [0.5, 0.6) is 0 Å². The normalized spacial score (nSPS) is 12.3. The van der Waals surface area contributed by atoms with E-state index >= 15 is 0 Å². The molecule has 0 spiro atoms. The van der Waals surface area contributed by atoms with Crippen molar-refractivity contribution < 1.29 is 21.6 Å². The molecule has 19 heavy (non-hydrogen) atoms. The molecule has 8 heteroatoms. The minimum absolute atomic E-state index is 0.222. The Morgan fingerprint density at radius 1 is 1.32 bits per heavy atom. The summed E-state index contributed by atoms with van der Waals surface area (Å²) in [6.45, 7) is 2.80. The minimum atomic E-state index is -4.72. The zero-order valence-electron chi connectivity index (χ0n) is 10.1. The van der Waals surface area contributed by atoms with E-state index in [1.54, 1.807) is 0 Å². The van der Waals surface area contributed by atoms with Crippen molar-refractivity contribution in [2.24, 2.45) is 0 Å². The van der Waals surface area contributed by atoms with Crippen LogP contribution in [0.25, 0.3) is 0 Å². The third kappa shape index (κ3) is 3.61. The van der Waals surface area contributed by atoms with Gasteiger partial charge in [-0.2, -0.15) is 18.4 Å². The molecule has 0 fully saturated rings. The third-order valence-electron chi connectivity index (χ3n) is 2.33. The van der Waals surface area contributed by atoms with Gasteiger partial charge in [-0.05, 0) is 32.0 Å². The first-order chi connectivity index (χ1) is 8.58. The first-order valence-corrected chi connectivity index (χ1v) is 6.75. The van der Waals surface area contributed by atoms with E-state index in [2.05, 4.69) is 0 Å². The van der Waals surface area contributed by atoms with E-state index in [4.69, 9.17) is 5.26 Å². The molecule has 1 aromatic rings. The van der Waals surface area contributed by atoms with E-state index in [9.17, 15) is 21.6 Å². The Morgan fingerprint density at radius 2 is 1.89 bits per heavy atom. The SMILES string of the molecule is CC(C)S(=O)(=O)Nc1ccc(C#N)c(C(F)(F)F)c1. The van der Waals surface area contributed by atoms with Gasteiger partial charge in [-0.1, -0.05) is 0 Å². The second-order valence-electron chi connectivity index (χ2n) is 4.07. The Balaban J connectivity index is 3.25. The van der Waals surface area contributed by atoms with Crippen molar-refractivity contribution >= 4 is 15.7 Å². The number of halogens is 3. The molecule has 0 aliphatic heterocycles. The highest BCUT2D eigenvalue weighted by molar-refractivity contribution is 7.93. The van der Waals surface area contributed by atoms with Crippen molar-refractivity contribution in [2.75, 3.05) is 4.72 Å². The van der Waals surface area contributed by atoms with Crippen molar-refractivity contribution in [3.05, 3.63) is 29.3 Å². The van der Waals surface area contributed by atoms with Crippen LogP contribution in [0.3, 0.4) is 0 Å². The topological polar surface area (TPSA) is 70.0 Å². The average molecular weight is 292 g/mol. The molecule has 0 saturated carbocycles. The summed E-state index contributed by atoms with van der Waals surface area (Å²) in [4.78, 5) is 0. The average Bonchev–Trinajstić information content (AvgIpc) is 2.27. The van der Waals surface area contributed by atoms with Gasteiger partial charge in [0.1, 0.15) is 0 Å². The third-order valence-corrected chi connectivity index (χ3v) is 4.09. The first kappa shape index (κ1) is 15.3.